The van der Waals surface area contributed by atoms with Crippen molar-refractivity contribution < 1.29 is 14.4 Å². The highest BCUT2D eigenvalue weighted by Crippen LogP contribution is 2.30. The first-order valence-electron chi connectivity index (χ1n) is 10.7. The van der Waals surface area contributed by atoms with Crippen molar-refractivity contribution >= 4 is 34.2 Å². The molecule has 0 aromatic heterocycles. The number of carbonyl (C=O) groups excluding carboxylic acids is 3. The second kappa shape index (κ2) is 8.83. The van der Waals surface area contributed by atoms with Crippen LogP contribution in [0.5, 0.6) is 0 Å². The molecule has 0 N–H and O–H groups in total. The van der Waals surface area contributed by atoms with Gasteiger partial charge in [0.15, 0.2) is 0 Å². The van der Waals surface area contributed by atoms with E-state index in [9.17, 15) is 14.4 Å². The Kier molecular flexibility index (Phi) is 5.95. The second-order valence-corrected chi connectivity index (χ2v) is 8.39. The average Bonchev–Trinajstić information content (AvgIpc) is 2.79. The van der Waals surface area contributed by atoms with E-state index in [-0.39, 0.29) is 30.7 Å². The van der Waals surface area contributed by atoms with Gasteiger partial charge >= 0.3 is 0 Å². The fourth-order valence-corrected chi connectivity index (χ4v) is 4.12. The minimum absolute atomic E-state index is 0.0129. The molecule has 0 bridgehead atoms. The lowest BCUT2D eigenvalue weighted by Gasteiger charge is -2.27. The van der Waals surface area contributed by atoms with E-state index in [1.807, 2.05) is 67.5 Å². The van der Waals surface area contributed by atoms with Crippen LogP contribution in [0.3, 0.4) is 0 Å². The van der Waals surface area contributed by atoms with E-state index in [0.717, 1.165) is 22.0 Å². The van der Waals surface area contributed by atoms with Crippen molar-refractivity contribution in [3.8, 4) is 0 Å². The van der Waals surface area contributed by atoms with Crippen molar-refractivity contribution in [2.75, 3.05) is 32.6 Å². The molecule has 0 radical (unpaired) electrons. The topological polar surface area (TPSA) is 60.9 Å². The van der Waals surface area contributed by atoms with E-state index in [2.05, 4.69) is 0 Å². The summed E-state index contributed by atoms with van der Waals surface area (Å²) in [5, 5.41) is 1.61. The summed E-state index contributed by atoms with van der Waals surface area (Å²) in [5.41, 5.74) is 3.25. The molecular weight excluding hydrogens is 402 g/mol. The monoisotopic (exact) mass is 429 g/mol. The highest BCUT2D eigenvalue weighted by atomic mass is 16.2. The zero-order valence-corrected chi connectivity index (χ0v) is 18.7. The predicted molar refractivity (Wildman–Crippen MR) is 126 cm³/mol. The van der Waals surface area contributed by atoms with Gasteiger partial charge in [0, 0.05) is 62.9 Å². The highest BCUT2D eigenvalue weighted by Gasteiger charge is 2.32. The van der Waals surface area contributed by atoms with Crippen LogP contribution in [0.15, 0.2) is 60.7 Å². The van der Waals surface area contributed by atoms with E-state index >= 15 is 0 Å². The lowest BCUT2D eigenvalue weighted by atomic mass is 9.94. The van der Waals surface area contributed by atoms with Gasteiger partial charge in [-0.3, -0.25) is 19.3 Å². The molecule has 0 unspecified atom stereocenters. The number of nitrogens with zero attached hydrogens (tertiary/aromatic N) is 3. The highest BCUT2D eigenvalue weighted by molar-refractivity contribution is 6.25. The summed E-state index contributed by atoms with van der Waals surface area (Å²) in [5.74, 6) is -0.594. The SMILES string of the molecule is CN(Cc1ccc(N(C)C)cc1)C(=O)CCCN1C(=O)c2cccc3cccc(c23)C1=O. The largest absolute Gasteiger partial charge is 0.378 e. The smallest absolute Gasteiger partial charge is 0.261 e. The van der Waals surface area contributed by atoms with Gasteiger partial charge < -0.3 is 9.80 Å². The van der Waals surface area contributed by atoms with Crippen molar-refractivity contribution in [3.05, 3.63) is 77.4 Å². The number of amides is 3. The Labute approximate surface area is 188 Å². The molecule has 0 spiro atoms. The third kappa shape index (κ3) is 4.08. The lowest BCUT2D eigenvalue weighted by Crippen LogP contribution is -2.41. The first kappa shape index (κ1) is 21.6. The van der Waals surface area contributed by atoms with Gasteiger partial charge in [0.1, 0.15) is 0 Å². The Morgan fingerprint density at radius 2 is 1.44 bits per heavy atom. The Morgan fingerprint density at radius 3 is 2.00 bits per heavy atom. The molecule has 32 heavy (non-hydrogen) atoms. The van der Waals surface area contributed by atoms with Gasteiger partial charge in [-0.25, -0.2) is 0 Å². The summed E-state index contributed by atoms with van der Waals surface area (Å²) in [6.07, 6.45) is 0.702. The first-order valence-corrected chi connectivity index (χ1v) is 10.7. The number of hydrogen-bond acceptors (Lipinski definition) is 4. The molecule has 6 nitrogen and oxygen atoms in total. The lowest BCUT2D eigenvalue weighted by molar-refractivity contribution is -0.130. The molecular formula is C26H27N3O3. The summed E-state index contributed by atoms with van der Waals surface area (Å²) >= 11 is 0. The molecule has 6 heteroatoms. The maximum absolute atomic E-state index is 12.9. The molecule has 1 aliphatic rings. The summed E-state index contributed by atoms with van der Waals surface area (Å²) in [4.78, 5) is 43.5. The molecule has 1 heterocycles. The number of benzene rings is 3. The Balaban J connectivity index is 1.36. The molecule has 4 rings (SSSR count). The molecule has 0 fully saturated rings. The molecule has 164 valence electrons. The summed E-state index contributed by atoms with van der Waals surface area (Å²) < 4.78 is 0. The van der Waals surface area contributed by atoms with Gasteiger partial charge in [-0.1, -0.05) is 36.4 Å². The van der Waals surface area contributed by atoms with Gasteiger partial charge in [-0.05, 0) is 41.6 Å². The van der Waals surface area contributed by atoms with Crippen molar-refractivity contribution in [3.63, 3.8) is 0 Å². The molecule has 0 saturated carbocycles. The van der Waals surface area contributed by atoms with Crippen LogP contribution in [-0.4, -0.2) is 55.2 Å². The number of imide groups is 1. The van der Waals surface area contributed by atoms with Crippen LogP contribution in [0.2, 0.25) is 0 Å². The minimum atomic E-state index is -0.291. The Hall–Kier alpha value is -3.67. The summed E-state index contributed by atoms with van der Waals surface area (Å²) in [7, 11) is 5.75. The molecule has 3 aromatic rings. The number of anilines is 1. The maximum atomic E-state index is 12.9. The van der Waals surface area contributed by atoms with Crippen LogP contribution in [0, 0.1) is 0 Å². The zero-order chi connectivity index (χ0) is 22.8. The number of rotatable bonds is 7. The van der Waals surface area contributed by atoms with Gasteiger partial charge in [0.25, 0.3) is 11.8 Å². The van der Waals surface area contributed by atoms with E-state index in [0.29, 0.717) is 24.1 Å². The second-order valence-electron chi connectivity index (χ2n) is 8.39. The van der Waals surface area contributed by atoms with Crippen LogP contribution < -0.4 is 4.90 Å². The van der Waals surface area contributed by atoms with E-state index in [1.165, 1.54) is 4.90 Å². The van der Waals surface area contributed by atoms with E-state index in [1.54, 1.807) is 24.1 Å². The molecule has 3 amide bonds. The van der Waals surface area contributed by atoms with Gasteiger partial charge in [0.05, 0.1) is 0 Å². The maximum Gasteiger partial charge on any atom is 0.261 e. The quantitative estimate of drug-likeness (QED) is 0.534. The van der Waals surface area contributed by atoms with Crippen molar-refractivity contribution in [1.29, 1.82) is 0 Å². The average molecular weight is 430 g/mol. The summed E-state index contributed by atoms with van der Waals surface area (Å²) in [6, 6.07) is 19.1. The number of carbonyl (C=O) groups is 3. The Bertz CT molecular complexity index is 1130. The van der Waals surface area contributed by atoms with Crippen LogP contribution >= 0.6 is 0 Å². The van der Waals surface area contributed by atoms with Crippen LogP contribution in [-0.2, 0) is 11.3 Å². The van der Waals surface area contributed by atoms with Gasteiger partial charge in [-0.15, -0.1) is 0 Å². The molecule has 0 atom stereocenters. The minimum Gasteiger partial charge on any atom is -0.378 e. The van der Waals surface area contributed by atoms with E-state index in [4.69, 9.17) is 0 Å². The zero-order valence-electron chi connectivity index (χ0n) is 18.7. The van der Waals surface area contributed by atoms with Crippen LogP contribution in [0.25, 0.3) is 10.8 Å². The van der Waals surface area contributed by atoms with Crippen LogP contribution in [0.4, 0.5) is 5.69 Å². The van der Waals surface area contributed by atoms with Crippen molar-refractivity contribution in [1.82, 2.24) is 9.80 Å². The van der Waals surface area contributed by atoms with Crippen molar-refractivity contribution in [2.45, 2.75) is 19.4 Å². The molecule has 0 aliphatic carbocycles. The van der Waals surface area contributed by atoms with E-state index < -0.39 is 0 Å². The molecule has 0 saturated heterocycles. The third-order valence-corrected chi connectivity index (χ3v) is 5.93. The predicted octanol–water partition coefficient (Wildman–Crippen LogP) is 3.94. The third-order valence-electron chi connectivity index (χ3n) is 5.93. The Morgan fingerprint density at radius 1 is 0.844 bits per heavy atom. The number of hydrogen-bond donors (Lipinski definition) is 0. The molecule has 3 aromatic carbocycles. The standard InChI is InChI=1S/C26H27N3O3/c1-27(2)20-14-12-18(13-15-20)17-28(3)23(30)11-6-16-29-25(31)21-9-4-7-19-8-5-10-22(24(19)21)26(29)32/h4-5,7-10,12-15H,6,11,16-17H2,1-3H3. The fourth-order valence-electron chi connectivity index (χ4n) is 4.12. The first-order chi connectivity index (χ1) is 15.4. The molecule has 1 aliphatic heterocycles. The van der Waals surface area contributed by atoms with Crippen LogP contribution in [0.1, 0.15) is 39.1 Å². The van der Waals surface area contributed by atoms with Crippen molar-refractivity contribution in [2.24, 2.45) is 0 Å². The normalized spacial score (nSPS) is 12.9. The summed E-state index contributed by atoms with van der Waals surface area (Å²) in [6.45, 7) is 0.739. The van der Waals surface area contributed by atoms with Gasteiger partial charge in [0.2, 0.25) is 5.91 Å². The fraction of sp³-hybridized carbons (Fsp3) is 0.269. The van der Waals surface area contributed by atoms with Gasteiger partial charge in [-0.2, -0.15) is 0 Å².